The van der Waals surface area contributed by atoms with Crippen LogP contribution in [0.3, 0.4) is 0 Å². The van der Waals surface area contributed by atoms with E-state index in [1.54, 1.807) is 23.9 Å². The first-order valence-electron chi connectivity index (χ1n) is 7.60. The molecule has 0 aliphatic rings. The van der Waals surface area contributed by atoms with Crippen molar-refractivity contribution < 1.29 is 9.21 Å². The molecule has 0 saturated carbocycles. The molecule has 3 aromatic rings. The summed E-state index contributed by atoms with van der Waals surface area (Å²) in [7, 11) is 1.78. The molecule has 0 atom stereocenters. The number of anilines is 1. The van der Waals surface area contributed by atoms with Crippen LogP contribution in [0.5, 0.6) is 0 Å². The van der Waals surface area contributed by atoms with Gasteiger partial charge < -0.3 is 9.73 Å². The number of nitrogens with one attached hydrogen (secondary N) is 2. The minimum Gasteiger partial charge on any atom is -0.462 e. The molecular weight excluding hydrogens is 340 g/mol. The first-order chi connectivity index (χ1) is 12.0. The third-order valence-corrected chi connectivity index (χ3v) is 4.10. The van der Waals surface area contributed by atoms with Crippen LogP contribution in [-0.4, -0.2) is 36.6 Å². The second kappa shape index (κ2) is 7.39. The van der Waals surface area contributed by atoms with Crippen molar-refractivity contribution in [3.8, 4) is 0 Å². The number of thioether (sulfide) groups is 1. The Morgan fingerprint density at radius 2 is 2.24 bits per heavy atom. The summed E-state index contributed by atoms with van der Waals surface area (Å²) in [5, 5.41) is 14.4. The predicted octanol–water partition coefficient (Wildman–Crippen LogP) is 2.65. The Hall–Kier alpha value is -2.81. The van der Waals surface area contributed by atoms with Gasteiger partial charge in [0.25, 0.3) is 0 Å². The van der Waals surface area contributed by atoms with Gasteiger partial charge in [0, 0.05) is 13.1 Å². The van der Waals surface area contributed by atoms with Crippen molar-refractivity contribution in [1.82, 2.24) is 25.0 Å². The van der Waals surface area contributed by atoms with Gasteiger partial charge in [-0.25, -0.2) is 4.98 Å². The van der Waals surface area contributed by atoms with Crippen LogP contribution in [0.25, 0.3) is 12.2 Å². The van der Waals surface area contributed by atoms with Gasteiger partial charge in [-0.2, -0.15) is 5.10 Å². The standard InChI is InChI=1S/C16H18N6O2S/c1-10-8-14(22(3)21-10)18-15(23)9-25-16-17-13(19-20-16)7-6-12-5-4-11(2)24-12/h4-8H,9H2,1-3H3,(H,18,23)(H,17,19,20)/b7-6-. The Labute approximate surface area is 148 Å². The molecule has 0 bridgehead atoms. The number of aryl methyl sites for hydroxylation is 3. The number of carbonyl (C=O) groups is 1. The lowest BCUT2D eigenvalue weighted by atomic mass is 10.4. The molecule has 3 rings (SSSR count). The van der Waals surface area contributed by atoms with E-state index < -0.39 is 0 Å². The molecule has 2 N–H and O–H groups in total. The van der Waals surface area contributed by atoms with Crippen LogP contribution in [0.4, 0.5) is 5.82 Å². The highest BCUT2D eigenvalue weighted by Gasteiger charge is 2.10. The number of nitrogens with zero attached hydrogens (tertiary/aromatic N) is 4. The Morgan fingerprint density at radius 3 is 2.92 bits per heavy atom. The number of hydrogen-bond donors (Lipinski definition) is 2. The molecular formula is C16H18N6O2S. The Balaban J connectivity index is 1.52. The molecule has 25 heavy (non-hydrogen) atoms. The number of amides is 1. The van der Waals surface area contributed by atoms with Gasteiger partial charge in [0.15, 0.2) is 0 Å². The monoisotopic (exact) mass is 358 g/mol. The van der Waals surface area contributed by atoms with E-state index in [1.807, 2.05) is 32.0 Å². The molecule has 0 aromatic carbocycles. The third kappa shape index (κ3) is 4.60. The zero-order valence-corrected chi connectivity index (χ0v) is 14.9. The Bertz CT molecular complexity index is 908. The van der Waals surface area contributed by atoms with Crippen LogP contribution in [0, 0.1) is 13.8 Å². The lowest BCUT2D eigenvalue weighted by molar-refractivity contribution is -0.113. The van der Waals surface area contributed by atoms with Crippen LogP contribution < -0.4 is 5.32 Å². The SMILES string of the molecule is Cc1cc(NC(=O)CSc2n[nH]c(/C=C\c3ccc(C)o3)n2)n(C)n1. The van der Waals surface area contributed by atoms with Gasteiger partial charge in [0.05, 0.1) is 11.4 Å². The molecule has 3 heterocycles. The Kier molecular flexibility index (Phi) is 5.03. The largest absolute Gasteiger partial charge is 0.462 e. The second-order valence-corrected chi connectivity index (χ2v) is 6.36. The maximum absolute atomic E-state index is 12.0. The number of aromatic nitrogens is 5. The van der Waals surface area contributed by atoms with E-state index >= 15 is 0 Å². The number of hydrogen-bond acceptors (Lipinski definition) is 6. The number of carbonyl (C=O) groups excluding carboxylic acids is 1. The average molecular weight is 358 g/mol. The minimum atomic E-state index is -0.138. The van der Waals surface area contributed by atoms with E-state index in [0.29, 0.717) is 16.8 Å². The first-order valence-corrected chi connectivity index (χ1v) is 8.58. The molecule has 0 unspecified atom stereocenters. The van der Waals surface area contributed by atoms with Crippen molar-refractivity contribution in [2.45, 2.75) is 19.0 Å². The van der Waals surface area contributed by atoms with E-state index in [1.165, 1.54) is 11.8 Å². The fourth-order valence-electron chi connectivity index (χ4n) is 2.14. The third-order valence-electron chi connectivity index (χ3n) is 3.25. The zero-order valence-electron chi connectivity index (χ0n) is 14.1. The summed E-state index contributed by atoms with van der Waals surface area (Å²) >= 11 is 1.25. The van der Waals surface area contributed by atoms with Crippen molar-refractivity contribution in [2.75, 3.05) is 11.1 Å². The summed E-state index contributed by atoms with van der Waals surface area (Å²) in [4.78, 5) is 16.3. The quantitative estimate of drug-likeness (QED) is 0.657. The molecule has 9 heteroatoms. The smallest absolute Gasteiger partial charge is 0.235 e. The van der Waals surface area contributed by atoms with E-state index in [-0.39, 0.29) is 11.7 Å². The van der Waals surface area contributed by atoms with Crippen LogP contribution in [0.2, 0.25) is 0 Å². The molecule has 0 aliphatic carbocycles. The average Bonchev–Trinajstić information content (AvgIpc) is 3.25. The fraction of sp³-hybridized carbons (Fsp3) is 0.250. The lowest BCUT2D eigenvalue weighted by Gasteiger charge is -2.03. The van der Waals surface area contributed by atoms with Crippen molar-refractivity contribution in [3.05, 3.63) is 41.2 Å². The highest BCUT2D eigenvalue weighted by molar-refractivity contribution is 7.99. The molecule has 0 spiro atoms. The lowest BCUT2D eigenvalue weighted by Crippen LogP contribution is -2.16. The topological polar surface area (TPSA) is 102 Å². The van der Waals surface area contributed by atoms with Gasteiger partial charge in [-0.3, -0.25) is 14.6 Å². The highest BCUT2D eigenvalue weighted by Crippen LogP contribution is 2.15. The molecule has 8 nitrogen and oxygen atoms in total. The van der Waals surface area contributed by atoms with E-state index in [9.17, 15) is 4.79 Å². The number of furan rings is 1. The van der Waals surface area contributed by atoms with Gasteiger partial charge >= 0.3 is 0 Å². The molecule has 1 amide bonds. The maximum atomic E-state index is 12.0. The summed E-state index contributed by atoms with van der Waals surface area (Å²) in [5.74, 6) is 2.93. The van der Waals surface area contributed by atoms with Gasteiger partial charge in [-0.05, 0) is 38.1 Å². The van der Waals surface area contributed by atoms with Crippen molar-refractivity contribution in [2.24, 2.45) is 7.05 Å². The summed E-state index contributed by atoms with van der Waals surface area (Å²) in [6, 6.07) is 5.58. The predicted molar refractivity (Wildman–Crippen MR) is 96.1 cm³/mol. The normalized spacial score (nSPS) is 11.3. The van der Waals surface area contributed by atoms with Crippen LogP contribution in [-0.2, 0) is 11.8 Å². The van der Waals surface area contributed by atoms with Crippen molar-refractivity contribution in [1.29, 1.82) is 0 Å². The van der Waals surface area contributed by atoms with Crippen molar-refractivity contribution >= 4 is 35.6 Å². The summed E-state index contributed by atoms with van der Waals surface area (Å²) in [6.07, 6.45) is 3.58. The highest BCUT2D eigenvalue weighted by atomic mass is 32.2. The van der Waals surface area contributed by atoms with Gasteiger partial charge in [-0.1, -0.05) is 11.8 Å². The van der Waals surface area contributed by atoms with Crippen LogP contribution >= 0.6 is 11.8 Å². The van der Waals surface area contributed by atoms with Crippen LogP contribution in [0.15, 0.2) is 27.8 Å². The zero-order chi connectivity index (χ0) is 17.8. The first kappa shape index (κ1) is 17.0. The molecule has 130 valence electrons. The van der Waals surface area contributed by atoms with Crippen LogP contribution in [0.1, 0.15) is 23.0 Å². The number of H-pyrrole nitrogens is 1. The molecule has 0 saturated heterocycles. The minimum absolute atomic E-state index is 0.138. The van der Waals surface area contributed by atoms with Gasteiger partial charge in [-0.15, -0.1) is 5.10 Å². The van der Waals surface area contributed by atoms with E-state index in [4.69, 9.17) is 4.42 Å². The van der Waals surface area contributed by atoms with Gasteiger partial charge in [0.1, 0.15) is 23.2 Å². The molecule has 3 aromatic heterocycles. The van der Waals surface area contributed by atoms with Gasteiger partial charge in [0.2, 0.25) is 11.1 Å². The summed E-state index contributed by atoms with van der Waals surface area (Å²) < 4.78 is 7.07. The maximum Gasteiger partial charge on any atom is 0.235 e. The second-order valence-electron chi connectivity index (χ2n) is 5.42. The summed E-state index contributed by atoms with van der Waals surface area (Å²) in [5.41, 5.74) is 0.850. The molecule has 0 fully saturated rings. The van der Waals surface area contributed by atoms with E-state index in [0.717, 1.165) is 17.2 Å². The van der Waals surface area contributed by atoms with E-state index in [2.05, 4.69) is 25.6 Å². The molecule has 0 radical (unpaired) electrons. The Morgan fingerprint density at radius 1 is 1.40 bits per heavy atom. The molecule has 0 aliphatic heterocycles. The number of rotatable bonds is 6. The number of aromatic amines is 1. The summed E-state index contributed by atoms with van der Waals surface area (Å²) in [6.45, 7) is 3.76. The fourth-order valence-corrected chi connectivity index (χ4v) is 2.74. The van der Waals surface area contributed by atoms with Crippen molar-refractivity contribution in [3.63, 3.8) is 0 Å².